The van der Waals surface area contributed by atoms with Crippen LogP contribution < -0.4 is 10.2 Å². The predicted molar refractivity (Wildman–Crippen MR) is 93.4 cm³/mol. The highest BCUT2D eigenvalue weighted by molar-refractivity contribution is 5.47. The van der Waals surface area contributed by atoms with Crippen molar-refractivity contribution in [1.82, 2.24) is 14.9 Å². The van der Waals surface area contributed by atoms with Crippen LogP contribution in [-0.2, 0) is 7.05 Å². The van der Waals surface area contributed by atoms with Crippen LogP contribution in [-0.4, -0.2) is 29.2 Å². The Morgan fingerprint density at radius 1 is 1.24 bits per heavy atom. The summed E-state index contributed by atoms with van der Waals surface area (Å²) in [7, 11) is 2.04. The smallest absolute Gasteiger partial charge is 0.160 e. The third-order valence-corrected chi connectivity index (χ3v) is 5.41. The average molecular weight is 346 g/mol. The van der Waals surface area contributed by atoms with Crippen LogP contribution in [0.4, 0.5) is 14.5 Å². The molecule has 1 saturated carbocycles. The minimum absolute atomic E-state index is 0.317. The second kappa shape index (κ2) is 6.75. The van der Waals surface area contributed by atoms with E-state index in [2.05, 4.69) is 19.8 Å². The van der Waals surface area contributed by atoms with Crippen molar-refractivity contribution < 1.29 is 8.78 Å². The van der Waals surface area contributed by atoms with Crippen LogP contribution in [0, 0.1) is 23.5 Å². The van der Waals surface area contributed by atoms with E-state index in [1.165, 1.54) is 25.0 Å². The molecule has 1 N–H and O–H groups in total. The number of rotatable bonds is 6. The molecule has 2 atom stereocenters. The molecule has 2 aliphatic rings. The first-order valence-corrected chi connectivity index (χ1v) is 9.02. The quantitative estimate of drug-likeness (QED) is 0.871. The maximum atomic E-state index is 13.5. The van der Waals surface area contributed by atoms with Gasteiger partial charge in [-0.1, -0.05) is 0 Å². The van der Waals surface area contributed by atoms with E-state index in [9.17, 15) is 8.78 Å². The summed E-state index contributed by atoms with van der Waals surface area (Å²) >= 11 is 0. The van der Waals surface area contributed by atoms with E-state index >= 15 is 0 Å². The molecule has 1 saturated heterocycles. The topological polar surface area (TPSA) is 33.1 Å². The van der Waals surface area contributed by atoms with Gasteiger partial charge in [0, 0.05) is 50.8 Å². The highest BCUT2D eigenvalue weighted by Crippen LogP contribution is 2.40. The van der Waals surface area contributed by atoms with Gasteiger partial charge in [-0.05, 0) is 43.2 Å². The van der Waals surface area contributed by atoms with Gasteiger partial charge in [-0.15, -0.1) is 0 Å². The lowest BCUT2D eigenvalue weighted by Gasteiger charge is -2.22. The summed E-state index contributed by atoms with van der Waals surface area (Å²) in [5, 5.41) is 3.72. The number of aryl methyl sites for hydroxylation is 1. The molecule has 134 valence electrons. The van der Waals surface area contributed by atoms with Gasteiger partial charge in [-0.25, -0.2) is 13.8 Å². The lowest BCUT2D eigenvalue weighted by Crippen LogP contribution is -2.32. The van der Waals surface area contributed by atoms with Crippen LogP contribution in [0.2, 0.25) is 0 Å². The van der Waals surface area contributed by atoms with Crippen LogP contribution in [0.3, 0.4) is 0 Å². The Balaban J connectivity index is 1.36. The van der Waals surface area contributed by atoms with E-state index in [0.29, 0.717) is 17.9 Å². The van der Waals surface area contributed by atoms with Crippen LogP contribution in [0.25, 0.3) is 0 Å². The Labute approximate surface area is 146 Å². The van der Waals surface area contributed by atoms with Crippen molar-refractivity contribution in [2.75, 3.05) is 24.5 Å². The number of benzene rings is 1. The summed E-state index contributed by atoms with van der Waals surface area (Å²) in [6, 6.07) is 4.49. The van der Waals surface area contributed by atoms with Crippen molar-refractivity contribution in [3.05, 3.63) is 48.1 Å². The zero-order valence-electron chi connectivity index (χ0n) is 14.5. The molecule has 0 unspecified atom stereocenters. The van der Waals surface area contributed by atoms with Crippen molar-refractivity contribution in [2.45, 2.75) is 25.3 Å². The van der Waals surface area contributed by atoms with E-state index in [4.69, 9.17) is 0 Å². The fraction of sp³-hybridized carbons (Fsp3) is 0.526. The molecule has 6 heteroatoms. The number of nitrogens with one attached hydrogen (secondary N) is 1. The highest BCUT2D eigenvalue weighted by Gasteiger charge is 2.35. The summed E-state index contributed by atoms with van der Waals surface area (Å²) in [4.78, 5) is 6.66. The minimum Gasteiger partial charge on any atom is -0.371 e. The maximum absolute atomic E-state index is 13.5. The fourth-order valence-corrected chi connectivity index (χ4v) is 3.78. The van der Waals surface area contributed by atoms with Gasteiger partial charge in [0.2, 0.25) is 0 Å². The molecule has 25 heavy (non-hydrogen) atoms. The Hall–Kier alpha value is -1.95. The van der Waals surface area contributed by atoms with E-state index < -0.39 is 11.6 Å². The summed E-state index contributed by atoms with van der Waals surface area (Å²) in [6.07, 6.45) is 7.43. The van der Waals surface area contributed by atoms with Crippen molar-refractivity contribution in [1.29, 1.82) is 0 Å². The summed E-state index contributed by atoms with van der Waals surface area (Å²) in [5.41, 5.74) is 0.768. The molecule has 4 rings (SSSR count). The maximum Gasteiger partial charge on any atom is 0.160 e. The second-order valence-electron chi connectivity index (χ2n) is 7.32. The van der Waals surface area contributed by atoms with Crippen molar-refractivity contribution in [3.8, 4) is 0 Å². The summed E-state index contributed by atoms with van der Waals surface area (Å²) < 4.78 is 28.7. The van der Waals surface area contributed by atoms with Crippen LogP contribution in [0.1, 0.15) is 31.1 Å². The van der Waals surface area contributed by atoms with Crippen LogP contribution in [0.5, 0.6) is 0 Å². The van der Waals surface area contributed by atoms with E-state index in [1.54, 1.807) is 6.07 Å². The number of nitrogens with zero attached hydrogens (tertiary/aromatic N) is 3. The minimum atomic E-state index is -0.788. The molecule has 1 aromatic carbocycles. The molecule has 1 aromatic heterocycles. The van der Waals surface area contributed by atoms with Crippen molar-refractivity contribution in [2.24, 2.45) is 18.9 Å². The fourth-order valence-electron chi connectivity index (χ4n) is 3.78. The number of imidazole rings is 1. The summed E-state index contributed by atoms with van der Waals surface area (Å²) in [6.45, 7) is 2.68. The lowest BCUT2D eigenvalue weighted by atomic mass is 10.1. The first kappa shape index (κ1) is 16.5. The predicted octanol–water partition coefficient (Wildman–Crippen LogP) is 3.27. The molecule has 0 radical (unpaired) electrons. The van der Waals surface area contributed by atoms with Gasteiger partial charge >= 0.3 is 0 Å². The molecule has 1 aliphatic heterocycles. The molecule has 0 bridgehead atoms. The standard InChI is InChI=1S/C19H24F2N4/c1-24-9-7-22-19(24)18(14-2-3-14)23-11-13-6-8-25(12-13)15-4-5-16(20)17(21)10-15/h4-5,7,9-10,13-14,18,23H,2-3,6,8,11-12H2,1H3/t13-,18-/m1/s1. The Kier molecular flexibility index (Phi) is 4.46. The number of hydrogen-bond donors (Lipinski definition) is 1. The molecule has 1 aliphatic carbocycles. The van der Waals surface area contributed by atoms with Gasteiger partial charge in [0.05, 0.1) is 6.04 Å². The van der Waals surface area contributed by atoms with E-state index in [0.717, 1.165) is 37.6 Å². The van der Waals surface area contributed by atoms with Gasteiger partial charge < -0.3 is 14.8 Å². The molecular weight excluding hydrogens is 322 g/mol. The van der Waals surface area contributed by atoms with E-state index in [-0.39, 0.29) is 0 Å². The van der Waals surface area contributed by atoms with Gasteiger partial charge in [-0.2, -0.15) is 0 Å². The Morgan fingerprint density at radius 2 is 2.08 bits per heavy atom. The average Bonchev–Trinajstić information content (AvgIpc) is 3.17. The van der Waals surface area contributed by atoms with Crippen molar-refractivity contribution in [3.63, 3.8) is 0 Å². The number of hydrogen-bond acceptors (Lipinski definition) is 3. The third kappa shape index (κ3) is 3.54. The zero-order chi connectivity index (χ0) is 17.4. The normalized spacial score (nSPS) is 21.7. The van der Waals surface area contributed by atoms with Gasteiger partial charge in [-0.3, -0.25) is 0 Å². The first-order valence-electron chi connectivity index (χ1n) is 9.02. The van der Waals surface area contributed by atoms with Gasteiger partial charge in [0.25, 0.3) is 0 Å². The molecule has 2 aromatic rings. The molecule has 0 spiro atoms. The second-order valence-corrected chi connectivity index (χ2v) is 7.32. The zero-order valence-corrected chi connectivity index (χ0v) is 14.5. The van der Waals surface area contributed by atoms with Crippen molar-refractivity contribution >= 4 is 5.69 Å². The SMILES string of the molecule is Cn1ccnc1[C@H](NC[C@H]1CCN(c2ccc(F)c(F)c2)C1)C1CC1. The van der Waals surface area contributed by atoms with Crippen LogP contribution in [0.15, 0.2) is 30.6 Å². The first-order chi connectivity index (χ1) is 12.1. The van der Waals surface area contributed by atoms with Gasteiger partial charge in [0.15, 0.2) is 11.6 Å². The van der Waals surface area contributed by atoms with Gasteiger partial charge in [0.1, 0.15) is 5.82 Å². The molecule has 0 amide bonds. The van der Waals surface area contributed by atoms with E-state index in [1.807, 2.05) is 19.4 Å². The Bertz CT molecular complexity index is 741. The molecular formula is C19H24F2N4. The largest absolute Gasteiger partial charge is 0.371 e. The lowest BCUT2D eigenvalue weighted by molar-refractivity contribution is 0.404. The van der Waals surface area contributed by atoms with Crippen LogP contribution >= 0.6 is 0 Å². The third-order valence-electron chi connectivity index (χ3n) is 5.41. The molecule has 2 heterocycles. The molecule has 2 fully saturated rings. The Morgan fingerprint density at radius 3 is 2.76 bits per heavy atom. The number of anilines is 1. The monoisotopic (exact) mass is 346 g/mol. The molecule has 4 nitrogen and oxygen atoms in total. The summed E-state index contributed by atoms with van der Waals surface area (Å²) in [5.74, 6) is 0.739. The number of halogens is 2. The highest BCUT2D eigenvalue weighted by atomic mass is 19.2. The number of aromatic nitrogens is 2.